The second-order valence-electron chi connectivity index (χ2n) is 5.59. The summed E-state index contributed by atoms with van der Waals surface area (Å²) in [5.41, 5.74) is 9.38. The van der Waals surface area contributed by atoms with Crippen LogP contribution in [0.4, 0.5) is 11.8 Å². The van der Waals surface area contributed by atoms with Crippen LogP contribution in [0.2, 0.25) is 0 Å². The number of nitrogens with two attached hydrogens (primary N) is 1. The number of nitrogens with zero attached hydrogens (tertiary/aromatic N) is 5. The van der Waals surface area contributed by atoms with Gasteiger partial charge in [0.05, 0.1) is 0 Å². The fourth-order valence-corrected chi connectivity index (χ4v) is 2.76. The minimum atomic E-state index is 0.355. The van der Waals surface area contributed by atoms with Crippen LogP contribution in [0.15, 0.2) is 42.6 Å². The van der Waals surface area contributed by atoms with Crippen molar-refractivity contribution in [3.8, 4) is 11.5 Å². The summed E-state index contributed by atoms with van der Waals surface area (Å²) in [7, 11) is 0. The number of nitrogens with one attached hydrogen (secondary N) is 2. The average molecular weight is 334 g/mol. The highest BCUT2D eigenvalue weighted by atomic mass is 15.2. The van der Waals surface area contributed by atoms with Gasteiger partial charge in [-0.1, -0.05) is 30.3 Å². The Morgan fingerprint density at radius 1 is 1.12 bits per heavy atom. The van der Waals surface area contributed by atoms with Crippen LogP contribution in [-0.4, -0.2) is 29.7 Å². The minimum absolute atomic E-state index is 0.355. The zero-order valence-corrected chi connectivity index (χ0v) is 13.8. The molecule has 4 rings (SSSR count). The summed E-state index contributed by atoms with van der Waals surface area (Å²) in [5, 5.41) is 10.1. The molecule has 0 aliphatic carbocycles. The van der Waals surface area contributed by atoms with E-state index >= 15 is 0 Å². The molecule has 3 heterocycles. The number of imidazole rings is 1. The Kier molecular flexibility index (Phi) is 3.77. The van der Waals surface area contributed by atoms with Gasteiger partial charge in [-0.25, -0.2) is 4.98 Å². The lowest BCUT2D eigenvalue weighted by molar-refractivity contribution is 0.782. The third kappa shape index (κ3) is 2.78. The molecule has 0 spiro atoms. The van der Waals surface area contributed by atoms with Crippen LogP contribution in [0.1, 0.15) is 12.5 Å². The Labute approximate surface area is 144 Å². The zero-order valence-electron chi connectivity index (χ0n) is 13.8. The molecule has 0 amide bonds. The van der Waals surface area contributed by atoms with Crippen LogP contribution >= 0.6 is 0 Å². The predicted octanol–water partition coefficient (Wildman–Crippen LogP) is 2.43. The van der Waals surface area contributed by atoms with E-state index in [2.05, 4.69) is 30.5 Å². The molecule has 3 aromatic heterocycles. The van der Waals surface area contributed by atoms with Crippen LogP contribution in [0.5, 0.6) is 0 Å². The SMILES string of the molecule is CCn1c(-c2ccn[nH]2)nc2c(N)nc(NCc3ccccc3)nc21. The summed E-state index contributed by atoms with van der Waals surface area (Å²) in [5.74, 6) is 1.59. The molecule has 0 aliphatic rings. The predicted molar refractivity (Wildman–Crippen MR) is 96.8 cm³/mol. The van der Waals surface area contributed by atoms with E-state index in [4.69, 9.17) is 5.73 Å². The van der Waals surface area contributed by atoms with Gasteiger partial charge < -0.3 is 15.6 Å². The lowest BCUT2D eigenvalue weighted by atomic mass is 10.2. The minimum Gasteiger partial charge on any atom is -0.382 e. The van der Waals surface area contributed by atoms with Gasteiger partial charge >= 0.3 is 0 Å². The third-order valence-electron chi connectivity index (χ3n) is 3.97. The van der Waals surface area contributed by atoms with E-state index in [9.17, 15) is 0 Å². The number of aromatic nitrogens is 6. The quantitative estimate of drug-likeness (QED) is 0.517. The molecule has 0 fully saturated rings. The maximum atomic E-state index is 6.12. The molecule has 0 saturated carbocycles. The Bertz CT molecular complexity index is 989. The highest BCUT2D eigenvalue weighted by Crippen LogP contribution is 2.26. The van der Waals surface area contributed by atoms with E-state index < -0.39 is 0 Å². The maximum absolute atomic E-state index is 6.12. The van der Waals surface area contributed by atoms with E-state index in [1.807, 2.05) is 47.9 Å². The van der Waals surface area contributed by atoms with Gasteiger partial charge in [0.1, 0.15) is 5.69 Å². The first-order valence-corrected chi connectivity index (χ1v) is 8.07. The molecule has 1 aromatic carbocycles. The van der Waals surface area contributed by atoms with E-state index in [1.165, 1.54) is 0 Å². The van der Waals surface area contributed by atoms with Gasteiger partial charge in [0.2, 0.25) is 5.95 Å². The second kappa shape index (κ2) is 6.23. The number of fused-ring (bicyclic) bond motifs is 1. The number of hydrogen-bond acceptors (Lipinski definition) is 6. The number of nitrogen functional groups attached to an aromatic ring is 1. The first kappa shape index (κ1) is 15.1. The Hall–Kier alpha value is -3.42. The molecular formula is C17H18N8. The van der Waals surface area contributed by atoms with Gasteiger partial charge in [-0.05, 0) is 18.6 Å². The average Bonchev–Trinajstić information content (AvgIpc) is 3.28. The molecule has 0 aliphatic heterocycles. The van der Waals surface area contributed by atoms with Crippen molar-refractivity contribution in [2.75, 3.05) is 11.1 Å². The Morgan fingerprint density at radius 2 is 1.96 bits per heavy atom. The standard InChI is InChI=1S/C17H18N8/c1-2-25-15(12-8-9-20-24-12)21-13-14(18)22-17(23-16(13)25)19-10-11-6-4-3-5-7-11/h3-9H,2,10H2,1H3,(H,20,24)(H3,18,19,22,23). The molecule has 8 nitrogen and oxygen atoms in total. The monoisotopic (exact) mass is 334 g/mol. The largest absolute Gasteiger partial charge is 0.382 e. The summed E-state index contributed by atoms with van der Waals surface area (Å²) < 4.78 is 1.99. The van der Waals surface area contributed by atoms with Crippen molar-refractivity contribution in [2.45, 2.75) is 20.0 Å². The van der Waals surface area contributed by atoms with Crippen LogP contribution in [0.3, 0.4) is 0 Å². The van der Waals surface area contributed by atoms with E-state index in [0.717, 1.165) is 17.1 Å². The second-order valence-corrected chi connectivity index (χ2v) is 5.59. The Morgan fingerprint density at radius 3 is 2.68 bits per heavy atom. The van der Waals surface area contributed by atoms with Crippen molar-refractivity contribution in [2.24, 2.45) is 0 Å². The molecule has 0 atom stereocenters. The number of aryl methyl sites for hydroxylation is 1. The van der Waals surface area contributed by atoms with E-state index in [0.29, 0.717) is 36.0 Å². The van der Waals surface area contributed by atoms with E-state index in [-0.39, 0.29) is 0 Å². The molecule has 4 aromatic rings. The number of rotatable bonds is 5. The van der Waals surface area contributed by atoms with Crippen molar-refractivity contribution < 1.29 is 0 Å². The lowest BCUT2D eigenvalue weighted by Gasteiger charge is -2.07. The van der Waals surface area contributed by atoms with Gasteiger partial charge in [-0.3, -0.25) is 5.10 Å². The van der Waals surface area contributed by atoms with Gasteiger partial charge in [0, 0.05) is 19.3 Å². The molecule has 25 heavy (non-hydrogen) atoms. The topological polar surface area (TPSA) is 110 Å². The fraction of sp³-hybridized carbons (Fsp3) is 0.176. The molecule has 0 saturated heterocycles. The van der Waals surface area contributed by atoms with Crippen LogP contribution in [-0.2, 0) is 13.1 Å². The number of benzene rings is 1. The molecule has 0 bridgehead atoms. The smallest absolute Gasteiger partial charge is 0.227 e. The molecule has 0 radical (unpaired) electrons. The highest BCUT2D eigenvalue weighted by molar-refractivity contribution is 5.86. The first-order valence-electron chi connectivity index (χ1n) is 8.07. The van der Waals surface area contributed by atoms with Crippen molar-refractivity contribution in [1.82, 2.24) is 29.7 Å². The van der Waals surface area contributed by atoms with Crippen LogP contribution in [0, 0.1) is 0 Å². The first-order chi connectivity index (χ1) is 12.3. The number of aromatic amines is 1. The van der Waals surface area contributed by atoms with Gasteiger partial charge in [0.15, 0.2) is 22.8 Å². The van der Waals surface area contributed by atoms with Crippen molar-refractivity contribution in [1.29, 1.82) is 0 Å². The molecule has 126 valence electrons. The van der Waals surface area contributed by atoms with Crippen LogP contribution < -0.4 is 11.1 Å². The highest BCUT2D eigenvalue weighted by Gasteiger charge is 2.17. The number of hydrogen-bond donors (Lipinski definition) is 3. The van der Waals surface area contributed by atoms with Crippen molar-refractivity contribution in [3.05, 3.63) is 48.2 Å². The maximum Gasteiger partial charge on any atom is 0.227 e. The Balaban J connectivity index is 1.73. The summed E-state index contributed by atoms with van der Waals surface area (Å²) >= 11 is 0. The van der Waals surface area contributed by atoms with Gasteiger partial charge in [0.25, 0.3) is 0 Å². The summed E-state index contributed by atoms with van der Waals surface area (Å²) in [4.78, 5) is 13.6. The van der Waals surface area contributed by atoms with Crippen molar-refractivity contribution in [3.63, 3.8) is 0 Å². The molecule has 4 N–H and O–H groups in total. The zero-order chi connectivity index (χ0) is 17.2. The van der Waals surface area contributed by atoms with E-state index in [1.54, 1.807) is 6.20 Å². The normalized spacial score (nSPS) is 11.1. The lowest BCUT2D eigenvalue weighted by Crippen LogP contribution is -2.07. The number of anilines is 2. The third-order valence-corrected chi connectivity index (χ3v) is 3.97. The summed E-state index contributed by atoms with van der Waals surface area (Å²) in [6.45, 7) is 3.37. The molecule has 8 heteroatoms. The molecular weight excluding hydrogens is 316 g/mol. The van der Waals surface area contributed by atoms with Gasteiger partial charge in [-0.15, -0.1) is 0 Å². The van der Waals surface area contributed by atoms with Gasteiger partial charge in [-0.2, -0.15) is 15.1 Å². The van der Waals surface area contributed by atoms with Crippen molar-refractivity contribution >= 4 is 22.9 Å². The van der Waals surface area contributed by atoms with Crippen LogP contribution in [0.25, 0.3) is 22.7 Å². The summed E-state index contributed by atoms with van der Waals surface area (Å²) in [6, 6.07) is 11.9. The molecule has 0 unspecified atom stereocenters. The fourth-order valence-electron chi connectivity index (χ4n) is 2.76. The number of H-pyrrole nitrogens is 1. The summed E-state index contributed by atoms with van der Waals surface area (Å²) in [6.07, 6.45) is 1.69.